The second-order valence-electron chi connectivity index (χ2n) is 6.23. The number of carboxylic acid groups (broad SMARTS) is 1. The Morgan fingerprint density at radius 2 is 1.92 bits per heavy atom. The van der Waals surface area contributed by atoms with E-state index >= 15 is 0 Å². The molecule has 0 unspecified atom stereocenters. The van der Waals surface area contributed by atoms with Crippen molar-refractivity contribution < 1.29 is 23.9 Å². The van der Waals surface area contributed by atoms with Crippen molar-refractivity contribution in [2.45, 2.75) is 52.0 Å². The Kier molecular flexibility index (Phi) is 6.40. The van der Waals surface area contributed by atoms with Gasteiger partial charge in [0.2, 0.25) is 11.8 Å². The van der Waals surface area contributed by atoms with Crippen LogP contribution in [0.25, 0.3) is 0 Å². The van der Waals surface area contributed by atoms with Crippen LogP contribution in [0.1, 0.15) is 60.4 Å². The number of amides is 2. The number of carbonyl (C=O) groups excluding carboxylic acids is 2. The molecule has 1 heterocycles. The van der Waals surface area contributed by atoms with Crippen LogP contribution in [0.5, 0.6) is 0 Å². The Balaban J connectivity index is 1.64. The Bertz CT molecular complexity index is 602. The number of carbonyl (C=O) groups is 3. The van der Waals surface area contributed by atoms with Crippen molar-refractivity contribution in [3.63, 3.8) is 0 Å². The van der Waals surface area contributed by atoms with Crippen molar-refractivity contribution in [1.29, 1.82) is 0 Å². The van der Waals surface area contributed by atoms with E-state index in [-0.39, 0.29) is 30.5 Å². The van der Waals surface area contributed by atoms with E-state index in [1.165, 1.54) is 31.7 Å². The number of hydrogen-bond acceptors (Lipinski definition) is 4. The first-order chi connectivity index (χ1) is 11.5. The predicted octanol–water partition coefficient (Wildman–Crippen LogP) is 1.99. The molecule has 7 nitrogen and oxygen atoms in total. The summed E-state index contributed by atoms with van der Waals surface area (Å²) in [6.45, 7) is 1.55. The van der Waals surface area contributed by atoms with Gasteiger partial charge >= 0.3 is 5.97 Å². The zero-order chi connectivity index (χ0) is 17.5. The maximum atomic E-state index is 11.7. The van der Waals surface area contributed by atoms with Crippen molar-refractivity contribution in [3.05, 3.63) is 23.2 Å². The van der Waals surface area contributed by atoms with Crippen molar-refractivity contribution in [3.8, 4) is 0 Å². The van der Waals surface area contributed by atoms with Gasteiger partial charge in [-0.05, 0) is 25.3 Å². The lowest BCUT2D eigenvalue weighted by Gasteiger charge is -2.09. The number of hydrogen-bond donors (Lipinski definition) is 3. The maximum Gasteiger partial charge on any atom is 0.339 e. The van der Waals surface area contributed by atoms with Gasteiger partial charge in [-0.2, -0.15) is 0 Å². The standard InChI is InChI=1S/C17H24N2O5/c1-11-14(17(22)23)8-13(24-11)9-18-16(21)10-19-15(20)7-6-12-4-2-3-5-12/h8,12H,2-7,9-10H2,1H3,(H,18,21)(H,19,20)(H,22,23). The first-order valence-electron chi connectivity index (χ1n) is 8.31. The van der Waals surface area contributed by atoms with E-state index in [9.17, 15) is 14.4 Å². The van der Waals surface area contributed by atoms with Crippen molar-refractivity contribution in [1.82, 2.24) is 10.6 Å². The Hall–Kier alpha value is -2.31. The summed E-state index contributed by atoms with van der Waals surface area (Å²) in [7, 11) is 0. The molecule has 7 heteroatoms. The SMILES string of the molecule is Cc1oc(CNC(=O)CNC(=O)CCC2CCCC2)cc1C(=O)O. The molecule has 0 atom stereocenters. The highest BCUT2D eigenvalue weighted by Gasteiger charge is 2.17. The summed E-state index contributed by atoms with van der Waals surface area (Å²) < 4.78 is 5.26. The van der Waals surface area contributed by atoms with Crippen LogP contribution in [0.2, 0.25) is 0 Å². The highest BCUT2D eigenvalue weighted by Crippen LogP contribution is 2.28. The number of aryl methyl sites for hydroxylation is 1. The van der Waals surface area contributed by atoms with Gasteiger partial charge in [0.25, 0.3) is 0 Å². The highest BCUT2D eigenvalue weighted by atomic mass is 16.4. The van der Waals surface area contributed by atoms with Crippen LogP contribution in [0.15, 0.2) is 10.5 Å². The topological polar surface area (TPSA) is 109 Å². The summed E-state index contributed by atoms with van der Waals surface area (Å²) in [5.41, 5.74) is 0.0828. The van der Waals surface area contributed by atoms with Crippen LogP contribution in [-0.4, -0.2) is 29.4 Å². The quantitative estimate of drug-likeness (QED) is 0.673. The minimum atomic E-state index is -1.07. The van der Waals surface area contributed by atoms with E-state index in [1.54, 1.807) is 6.92 Å². The first-order valence-corrected chi connectivity index (χ1v) is 8.31. The molecule has 3 N–H and O–H groups in total. The number of carboxylic acids is 1. The van der Waals surface area contributed by atoms with E-state index in [4.69, 9.17) is 9.52 Å². The molecule has 0 aromatic carbocycles. The Labute approximate surface area is 140 Å². The van der Waals surface area contributed by atoms with E-state index in [2.05, 4.69) is 10.6 Å². The second kappa shape index (κ2) is 8.52. The van der Waals surface area contributed by atoms with Crippen LogP contribution in [0.3, 0.4) is 0 Å². The van der Waals surface area contributed by atoms with Gasteiger partial charge in [0.15, 0.2) is 0 Å². The van der Waals surface area contributed by atoms with Gasteiger partial charge < -0.3 is 20.2 Å². The van der Waals surface area contributed by atoms with Gasteiger partial charge in [0.05, 0.1) is 13.1 Å². The molecule has 0 radical (unpaired) electrons. The molecule has 1 aliphatic carbocycles. The third-order valence-corrected chi connectivity index (χ3v) is 4.36. The van der Waals surface area contributed by atoms with Gasteiger partial charge in [-0.3, -0.25) is 9.59 Å². The predicted molar refractivity (Wildman–Crippen MR) is 86.5 cm³/mol. The molecule has 0 bridgehead atoms. The molecule has 132 valence electrons. The molecule has 0 spiro atoms. The highest BCUT2D eigenvalue weighted by molar-refractivity contribution is 5.89. The van der Waals surface area contributed by atoms with Gasteiger partial charge in [-0.15, -0.1) is 0 Å². The van der Waals surface area contributed by atoms with Crippen LogP contribution >= 0.6 is 0 Å². The van der Waals surface area contributed by atoms with Crippen LogP contribution < -0.4 is 10.6 Å². The van der Waals surface area contributed by atoms with E-state index in [1.807, 2.05) is 0 Å². The maximum absolute atomic E-state index is 11.7. The summed E-state index contributed by atoms with van der Waals surface area (Å²) in [6, 6.07) is 1.39. The molecule has 1 saturated carbocycles. The minimum absolute atomic E-state index is 0.0828. The summed E-state index contributed by atoms with van der Waals surface area (Å²) in [5.74, 6) is -0.203. The molecule has 1 fully saturated rings. The molecule has 1 aromatic rings. The van der Waals surface area contributed by atoms with E-state index in [0.29, 0.717) is 23.9 Å². The summed E-state index contributed by atoms with van der Waals surface area (Å²) >= 11 is 0. The van der Waals surface area contributed by atoms with Crippen molar-refractivity contribution in [2.24, 2.45) is 5.92 Å². The summed E-state index contributed by atoms with van der Waals surface area (Å²) in [6.07, 6.45) is 6.26. The molecule has 2 rings (SSSR count). The average molecular weight is 336 g/mol. The first kappa shape index (κ1) is 18.0. The van der Waals surface area contributed by atoms with Gasteiger partial charge in [0.1, 0.15) is 17.1 Å². The summed E-state index contributed by atoms with van der Waals surface area (Å²) in [4.78, 5) is 34.4. The molecule has 1 aromatic heterocycles. The number of nitrogens with one attached hydrogen (secondary N) is 2. The fraction of sp³-hybridized carbons (Fsp3) is 0.588. The van der Waals surface area contributed by atoms with Crippen LogP contribution in [-0.2, 0) is 16.1 Å². The third-order valence-electron chi connectivity index (χ3n) is 4.36. The van der Waals surface area contributed by atoms with E-state index < -0.39 is 5.97 Å². The smallest absolute Gasteiger partial charge is 0.339 e. The zero-order valence-corrected chi connectivity index (χ0v) is 13.9. The molecular weight excluding hydrogens is 312 g/mol. The van der Waals surface area contributed by atoms with Crippen LogP contribution in [0, 0.1) is 12.8 Å². The van der Waals surface area contributed by atoms with Crippen LogP contribution in [0.4, 0.5) is 0 Å². The molecular formula is C17H24N2O5. The molecule has 1 aliphatic rings. The van der Waals surface area contributed by atoms with Gasteiger partial charge in [-0.25, -0.2) is 4.79 Å². The van der Waals surface area contributed by atoms with Gasteiger partial charge in [0, 0.05) is 6.42 Å². The molecule has 24 heavy (non-hydrogen) atoms. The average Bonchev–Trinajstić information content (AvgIpc) is 3.18. The summed E-state index contributed by atoms with van der Waals surface area (Å²) in [5, 5.41) is 14.1. The van der Waals surface area contributed by atoms with E-state index in [0.717, 1.165) is 6.42 Å². The molecule has 0 aliphatic heterocycles. The Morgan fingerprint density at radius 3 is 2.54 bits per heavy atom. The van der Waals surface area contributed by atoms with Crippen molar-refractivity contribution >= 4 is 17.8 Å². The lowest BCUT2D eigenvalue weighted by Crippen LogP contribution is -2.36. The molecule has 0 saturated heterocycles. The lowest BCUT2D eigenvalue weighted by molar-refractivity contribution is -0.126. The fourth-order valence-electron chi connectivity index (χ4n) is 2.99. The number of aromatic carboxylic acids is 1. The third kappa shape index (κ3) is 5.40. The Morgan fingerprint density at radius 1 is 1.21 bits per heavy atom. The largest absolute Gasteiger partial charge is 0.478 e. The number of furan rings is 1. The zero-order valence-electron chi connectivity index (χ0n) is 13.9. The normalized spacial score (nSPS) is 14.5. The second-order valence-corrected chi connectivity index (χ2v) is 6.23. The fourth-order valence-corrected chi connectivity index (χ4v) is 2.99. The van der Waals surface area contributed by atoms with Crippen molar-refractivity contribution in [2.75, 3.05) is 6.54 Å². The molecule has 2 amide bonds. The number of rotatable bonds is 8. The lowest BCUT2D eigenvalue weighted by atomic mass is 10.0. The monoisotopic (exact) mass is 336 g/mol. The minimum Gasteiger partial charge on any atom is -0.478 e. The van der Waals surface area contributed by atoms with Gasteiger partial charge in [-0.1, -0.05) is 25.7 Å².